The second-order valence-electron chi connectivity index (χ2n) is 4.11. The molecule has 0 radical (unpaired) electrons. The van der Waals surface area contributed by atoms with E-state index in [0.29, 0.717) is 6.42 Å². The van der Waals surface area contributed by atoms with E-state index in [-0.39, 0.29) is 11.8 Å². The van der Waals surface area contributed by atoms with E-state index in [2.05, 4.69) is 11.0 Å². The number of likely N-dealkylation sites (N-methyl/N-ethyl adjacent to an activating group) is 1. The summed E-state index contributed by atoms with van der Waals surface area (Å²) < 4.78 is 0. The zero-order valence-corrected chi connectivity index (χ0v) is 9.71. The van der Waals surface area contributed by atoms with E-state index >= 15 is 0 Å². The fraction of sp³-hybridized carbons (Fsp3) is 0.417. The topological polar surface area (TPSA) is 20.3 Å². The molecule has 1 heterocycles. The molecule has 3 heteroatoms. The molecule has 2 rings (SSSR count). The van der Waals surface area contributed by atoms with E-state index in [0.717, 1.165) is 17.1 Å². The molecule has 80 valence electrons. The van der Waals surface area contributed by atoms with Crippen molar-refractivity contribution in [1.82, 2.24) is 0 Å². The molecule has 2 nitrogen and oxygen atoms in total. The minimum Gasteiger partial charge on any atom is -0.371 e. The third-order valence-corrected chi connectivity index (χ3v) is 3.34. The number of anilines is 1. The fourth-order valence-corrected chi connectivity index (χ4v) is 2.44. The molecule has 1 aliphatic rings. The van der Waals surface area contributed by atoms with Crippen molar-refractivity contribution >= 4 is 23.1 Å². The highest BCUT2D eigenvalue weighted by atomic mass is 35.5. The van der Waals surface area contributed by atoms with Gasteiger partial charge in [-0.2, -0.15) is 0 Å². The zero-order chi connectivity index (χ0) is 11.0. The summed E-state index contributed by atoms with van der Waals surface area (Å²) in [5, 5.41) is 0.811. The van der Waals surface area contributed by atoms with Crippen LogP contribution >= 0.6 is 11.6 Å². The van der Waals surface area contributed by atoms with Gasteiger partial charge in [0.1, 0.15) is 5.78 Å². The minimum absolute atomic E-state index is 0.232. The molecule has 1 atom stereocenters. The average molecular weight is 224 g/mol. The predicted octanol–water partition coefficient (Wildman–Crippen LogP) is 2.68. The Balaban J connectivity index is 2.29. The van der Waals surface area contributed by atoms with Gasteiger partial charge in [-0.3, -0.25) is 4.79 Å². The van der Waals surface area contributed by atoms with Crippen LogP contribution in [0.15, 0.2) is 18.2 Å². The lowest BCUT2D eigenvalue weighted by Crippen LogP contribution is -2.29. The highest BCUT2D eigenvalue weighted by molar-refractivity contribution is 6.31. The largest absolute Gasteiger partial charge is 0.371 e. The van der Waals surface area contributed by atoms with Crippen molar-refractivity contribution < 1.29 is 4.79 Å². The number of hydrogen-bond donors (Lipinski definition) is 0. The third kappa shape index (κ3) is 1.86. The molecule has 15 heavy (non-hydrogen) atoms. The molecule has 0 N–H and O–H groups in total. The van der Waals surface area contributed by atoms with E-state index in [1.807, 2.05) is 19.2 Å². The van der Waals surface area contributed by atoms with Crippen LogP contribution in [-0.4, -0.2) is 18.9 Å². The van der Waals surface area contributed by atoms with Crippen molar-refractivity contribution in [2.45, 2.75) is 25.8 Å². The van der Waals surface area contributed by atoms with E-state index in [4.69, 9.17) is 11.6 Å². The molecule has 1 aliphatic heterocycles. The summed E-state index contributed by atoms with van der Waals surface area (Å²) in [7, 11) is 2.02. The summed E-state index contributed by atoms with van der Waals surface area (Å²) in [6.45, 7) is 1.64. The van der Waals surface area contributed by atoms with Gasteiger partial charge >= 0.3 is 0 Å². The summed E-state index contributed by atoms with van der Waals surface area (Å²) in [6.07, 6.45) is 1.48. The lowest BCUT2D eigenvalue weighted by Gasteiger charge is -2.21. The van der Waals surface area contributed by atoms with Gasteiger partial charge in [0.25, 0.3) is 0 Å². The summed E-state index contributed by atoms with van der Waals surface area (Å²) in [6, 6.07) is 6.19. The first-order valence-electron chi connectivity index (χ1n) is 5.09. The molecule has 0 saturated heterocycles. The van der Waals surface area contributed by atoms with Gasteiger partial charge in [-0.15, -0.1) is 0 Å². The Morgan fingerprint density at radius 1 is 1.60 bits per heavy atom. The Kier molecular flexibility index (Phi) is 2.70. The van der Waals surface area contributed by atoms with Crippen LogP contribution in [-0.2, 0) is 11.2 Å². The quantitative estimate of drug-likeness (QED) is 0.769. The smallest absolute Gasteiger partial charge is 0.131 e. The molecule has 0 bridgehead atoms. The van der Waals surface area contributed by atoms with Crippen molar-refractivity contribution in [1.29, 1.82) is 0 Å². The van der Waals surface area contributed by atoms with Crippen LogP contribution in [0.1, 0.15) is 18.9 Å². The second-order valence-corrected chi connectivity index (χ2v) is 4.52. The SMILES string of the molecule is CC(=O)CC1Cc2c(Cl)cccc2N1C. The average Bonchev–Trinajstić information content (AvgIpc) is 2.46. The molecule has 1 unspecified atom stereocenters. The standard InChI is InChI=1S/C12H14ClNO/c1-8(15)6-9-7-10-11(13)4-3-5-12(10)14(9)2/h3-5,9H,6-7H2,1-2H3. The molecule has 0 aromatic heterocycles. The summed E-state index contributed by atoms with van der Waals surface area (Å²) >= 11 is 6.13. The first-order valence-corrected chi connectivity index (χ1v) is 5.47. The van der Waals surface area contributed by atoms with Crippen LogP contribution < -0.4 is 4.90 Å². The lowest BCUT2D eigenvalue weighted by atomic mass is 10.1. The van der Waals surface area contributed by atoms with Crippen LogP contribution in [0.25, 0.3) is 0 Å². The molecular weight excluding hydrogens is 210 g/mol. The fourth-order valence-electron chi connectivity index (χ4n) is 2.19. The van der Waals surface area contributed by atoms with Crippen molar-refractivity contribution in [2.75, 3.05) is 11.9 Å². The number of ketones is 1. The van der Waals surface area contributed by atoms with Gasteiger partial charge < -0.3 is 4.90 Å². The molecule has 0 amide bonds. The summed E-state index contributed by atoms with van der Waals surface area (Å²) in [5.41, 5.74) is 2.33. The molecule has 1 aromatic rings. The maximum Gasteiger partial charge on any atom is 0.131 e. The number of nitrogens with zero attached hydrogens (tertiary/aromatic N) is 1. The predicted molar refractivity (Wildman–Crippen MR) is 62.6 cm³/mol. The van der Waals surface area contributed by atoms with Crippen molar-refractivity contribution in [3.05, 3.63) is 28.8 Å². The van der Waals surface area contributed by atoms with Gasteiger partial charge in [0, 0.05) is 30.2 Å². The Morgan fingerprint density at radius 2 is 2.33 bits per heavy atom. The Hall–Kier alpha value is -1.02. The van der Waals surface area contributed by atoms with Gasteiger partial charge in [-0.1, -0.05) is 17.7 Å². The van der Waals surface area contributed by atoms with Crippen LogP contribution in [0.4, 0.5) is 5.69 Å². The summed E-state index contributed by atoms with van der Waals surface area (Å²) in [5.74, 6) is 0.232. The molecular formula is C12H14ClNO. The van der Waals surface area contributed by atoms with Gasteiger partial charge in [0.15, 0.2) is 0 Å². The highest BCUT2D eigenvalue weighted by Crippen LogP contribution is 2.36. The van der Waals surface area contributed by atoms with E-state index in [9.17, 15) is 4.79 Å². The van der Waals surface area contributed by atoms with E-state index in [1.165, 1.54) is 5.56 Å². The van der Waals surface area contributed by atoms with Gasteiger partial charge in [-0.25, -0.2) is 0 Å². The van der Waals surface area contributed by atoms with Crippen LogP contribution in [0.5, 0.6) is 0 Å². The maximum absolute atomic E-state index is 11.1. The van der Waals surface area contributed by atoms with Crippen molar-refractivity contribution in [2.24, 2.45) is 0 Å². The number of hydrogen-bond acceptors (Lipinski definition) is 2. The highest BCUT2D eigenvalue weighted by Gasteiger charge is 2.28. The van der Waals surface area contributed by atoms with E-state index in [1.54, 1.807) is 6.92 Å². The number of Topliss-reactive ketones (excluding diaryl/α,β-unsaturated/α-hetero) is 1. The first kappa shape index (κ1) is 10.5. The van der Waals surface area contributed by atoms with Gasteiger partial charge in [0.05, 0.1) is 0 Å². The van der Waals surface area contributed by atoms with Crippen LogP contribution in [0, 0.1) is 0 Å². The number of carbonyl (C=O) groups excluding carboxylic acids is 1. The monoisotopic (exact) mass is 223 g/mol. The number of carbonyl (C=O) groups is 1. The molecule has 0 fully saturated rings. The number of halogens is 1. The van der Waals surface area contributed by atoms with Crippen LogP contribution in [0.3, 0.4) is 0 Å². The third-order valence-electron chi connectivity index (χ3n) is 2.98. The Bertz CT molecular complexity index is 403. The molecule has 0 spiro atoms. The first-order chi connectivity index (χ1) is 7.09. The minimum atomic E-state index is 0.232. The second kappa shape index (κ2) is 3.86. The zero-order valence-electron chi connectivity index (χ0n) is 8.96. The van der Waals surface area contributed by atoms with Crippen molar-refractivity contribution in [3.63, 3.8) is 0 Å². The lowest BCUT2D eigenvalue weighted by molar-refractivity contribution is -0.117. The number of benzene rings is 1. The summed E-state index contributed by atoms with van der Waals surface area (Å²) in [4.78, 5) is 13.3. The number of rotatable bonds is 2. The Labute approximate surface area is 94.8 Å². The van der Waals surface area contributed by atoms with Crippen molar-refractivity contribution in [3.8, 4) is 0 Å². The van der Waals surface area contributed by atoms with Gasteiger partial charge in [-0.05, 0) is 31.0 Å². The maximum atomic E-state index is 11.1. The molecule has 1 aromatic carbocycles. The van der Waals surface area contributed by atoms with Gasteiger partial charge in [0.2, 0.25) is 0 Å². The molecule has 0 aliphatic carbocycles. The number of fused-ring (bicyclic) bond motifs is 1. The van der Waals surface area contributed by atoms with Crippen LogP contribution in [0.2, 0.25) is 5.02 Å². The molecule has 0 saturated carbocycles. The Morgan fingerprint density at radius 3 is 2.93 bits per heavy atom. The van der Waals surface area contributed by atoms with E-state index < -0.39 is 0 Å². The normalized spacial score (nSPS) is 19.1.